The van der Waals surface area contributed by atoms with Gasteiger partial charge in [-0.3, -0.25) is 4.57 Å². The smallest absolute Gasteiger partial charge is 0.408 e. The summed E-state index contributed by atoms with van der Waals surface area (Å²) in [6, 6.07) is 6.81. The number of nitrogens with zero attached hydrogens (tertiary/aromatic N) is 1. The fourth-order valence-corrected chi connectivity index (χ4v) is 3.11. The lowest BCUT2D eigenvalue weighted by molar-refractivity contribution is 0.359. The maximum Gasteiger partial charge on any atom is 0.419 e. The van der Waals surface area contributed by atoms with Crippen LogP contribution in [0.25, 0.3) is 11.1 Å². The summed E-state index contributed by atoms with van der Waals surface area (Å²) in [6.07, 6.45) is 4.87. The molecule has 1 heterocycles. The van der Waals surface area contributed by atoms with E-state index in [0.29, 0.717) is 17.5 Å². The van der Waals surface area contributed by atoms with Crippen molar-refractivity contribution >= 4 is 11.1 Å². The van der Waals surface area contributed by atoms with E-state index in [1.807, 2.05) is 13.1 Å². The van der Waals surface area contributed by atoms with Crippen LogP contribution in [0.5, 0.6) is 0 Å². The molecule has 102 valence electrons. The maximum absolute atomic E-state index is 11.5. The Morgan fingerprint density at radius 1 is 1.26 bits per heavy atom. The molecule has 0 saturated heterocycles. The summed E-state index contributed by atoms with van der Waals surface area (Å²) in [5.74, 6) is 0.324. The molecule has 1 aromatic heterocycles. The van der Waals surface area contributed by atoms with Gasteiger partial charge in [-0.15, -0.1) is 0 Å². The molecule has 1 aromatic carbocycles. The van der Waals surface area contributed by atoms with Crippen molar-refractivity contribution in [3.8, 4) is 0 Å². The molecule has 0 bridgehead atoms. The number of oxazole rings is 1. The topological polar surface area (TPSA) is 47.2 Å². The van der Waals surface area contributed by atoms with Crippen LogP contribution in [0.3, 0.4) is 0 Å². The number of fused-ring (bicyclic) bond motifs is 1. The second-order valence-corrected chi connectivity index (χ2v) is 5.49. The van der Waals surface area contributed by atoms with Crippen LogP contribution in [0, 0.1) is 0 Å². The van der Waals surface area contributed by atoms with Gasteiger partial charge in [0, 0.05) is 13.1 Å². The summed E-state index contributed by atoms with van der Waals surface area (Å²) < 4.78 is 6.75. The molecule has 1 saturated carbocycles. The van der Waals surface area contributed by atoms with Crippen LogP contribution < -0.4 is 11.1 Å². The first-order valence-corrected chi connectivity index (χ1v) is 6.96. The minimum atomic E-state index is -0.286. The Morgan fingerprint density at radius 2 is 2.00 bits per heavy atom. The lowest BCUT2D eigenvalue weighted by atomic mass is 9.82. The van der Waals surface area contributed by atoms with E-state index in [1.165, 1.54) is 31.2 Å². The van der Waals surface area contributed by atoms with E-state index in [1.54, 1.807) is 11.6 Å². The number of hydrogen-bond acceptors (Lipinski definition) is 3. The molecule has 1 N–H and O–H groups in total. The van der Waals surface area contributed by atoms with E-state index >= 15 is 0 Å². The first-order valence-electron chi connectivity index (χ1n) is 6.96. The molecule has 4 heteroatoms. The third-order valence-electron chi connectivity index (χ3n) is 4.42. The van der Waals surface area contributed by atoms with E-state index in [4.69, 9.17) is 4.42 Å². The molecule has 0 unspecified atom stereocenters. The fourth-order valence-electron chi connectivity index (χ4n) is 3.11. The molecule has 0 radical (unpaired) electrons. The maximum atomic E-state index is 11.5. The average Bonchev–Trinajstić information content (AvgIpc) is 2.74. The standard InChI is InChI=1S/C15H20N2O2/c1-16-12-6-3-10(4-7-12)11-5-8-14-13(9-11)17(2)15(18)19-14/h5,8-10,12,16H,3-4,6-7H2,1-2H3. The van der Waals surface area contributed by atoms with Crippen molar-refractivity contribution in [2.45, 2.75) is 37.6 Å². The van der Waals surface area contributed by atoms with Gasteiger partial charge in [0.1, 0.15) is 0 Å². The van der Waals surface area contributed by atoms with Gasteiger partial charge in [0.2, 0.25) is 0 Å². The summed E-state index contributed by atoms with van der Waals surface area (Å²) >= 11 is 0. The highest BCUT2D eigenvalue weighted by Gasteiger charge is 2.22. The molecule has 4 nitrogen and oxygen atoms in total. The van der Waals surface area contributed by atoms with E-state index in [9.17, 15) is 4.79 Å². The molecular weight excluding hydrogens is 240 g/mol. The van der Waals surface area contributed by atoms with Crippen molar-refractivity contribution in [1.29, 1.82) is 0 Å². The van der Waals surface area contributed by atoms with Crippen molar-refractivity contribution in [3.63, 3.8) is 0 Å². The predicted octanol–water partition coefficient (Wildman–Crippen LogP) is 2.38. The highest BCUT2D eigenvalue weighted by molar-refractivity contribution is 5.73. The lowest BCUT2D eigenvalue weighted by Crippen LogP contribution is -2.29. The number of rotatable bonds is 2. The summed E-state index contributed by atoms with van der Waals surface area (Å²) in [5, 5.41) is 3.36. The van der Waals surface area contributed by atoms with Gasteiger partial charge in [0.25, 0.3) is 0 Å². The molecule has 0 spiro atoms. The number of benzene rings is 1. The summed E-state index contributed by atoms with van der Waals surface area (Å²) in [5.41, 5.74) is 2.91. The molecular formula is C15H20N2O2. The Balaban J connectivity index is 1.89. The average molecular weight is 260 g/mol. The Morgan fingerprint density at radius 3 is 2.68 bits per heavy atom. The van der Waals surface area contributed by atoms with Crippen LogP contribution in [0.4, 0.5) is 0 Å². The van der Waals surface area contributed by atoms with Gasteiger partial charge in [-0.1, -0.05) is 6.07 Å². The highest BCUT2D eigenvalue weighted by atomic mass is 16.4. The predicted molar refractivity (Wildman–Crippen MR) is 75.5 cm³/mol. The molecule has 2 aromatic rings. The summed E-state index contributed by atoms with van der Waals surface area (Å²) in [6.45, 7) is 0. The van der Waals surface area contributed by atoms with Crippen LogP contribution >= 0.6 is 0 Å². The Hall–Kier alpha value is -1.55. The van der Waals surface area contributed by atoms with Gasteiger partial charge in [-0.2, -0.15) is 0 Å². The quantitative estimate of drug-likeness (QED) is 0.901. The molecule has 3 rings (SSSR count). The number of nitrogens with one attached hydrogen (secondary N) is 1. The Kier molecular flexibility index (Phi) is 3.19. The second kappa shape index (κ2) is 4.85. The van der Waals surface area contributed by atoms with Gasteiger partial charge < -0.3 is 9.73 Å². The van der Waals surface area contributed by atoms with E-state index in [-0.39, 0.29) is 5.76 Å². The first kappa shape index (κ1) is 12.5. The van der Waals surface area contributed by atoms with Crippen molar-refractivity contribution in [3.05, 3.63) is 34.3 Å². The molecule has 1 aliphatic rings. The first-order chi connectivity index (χ1) is 9.19. The Bertz CT molecular complexity index is 633. The zero-order valence-corrected chi connectivity index (χ0v) is 11.5. The van der Waals surface area contributed by atoms with Crippen molar-refractivity contribution in [2.24, 2.45) is 7.05 Å². The molecule has 19 heavy (non-hydrogen) atoms. The van der Waals surface area contributed by atoms with Gasteiger partial charge in [-0.25, -0.2) is 4.79 Å². The van der Waals surface area contributed by atoms with E-state index < -0.39 is 0 Å². The minimum Gasteiger partial charge on any atom is -0.408 e. The SMILES string of the molecule is CNC1CCC(c2ccc3oc(=O)n(C)c3c2)CC1. The molecule has 0 atom stereocenters. The van der Waals surface area contributed by atoms with Gasteiger partial charge in [0.15, 0.2) is 5.58 Å². The van der Waals surface area contributed by atoms with Crippen LogP contribution in [0.15, 0.2) is 27.4 Å². The number of hydrogen-bond donors (Lipinski definition) is 1. The van der Waals surface area contributed by atoms with Gasteiger partial charge in [0.05, 0.1) is 5.52 Å². The monoisotopic (exact) mass is 260 g/mol. The van der Waals surface area contributed by atoms with E-state index in [2.05, 4.69) is 17.4 Å². The van der Waals surface area contributed by atoms with Crippen molar-refractivity contribution in [2.75, 3.05) is 7.05 Å². The molecule has 1 aliphatic carbocycles. The number of aromatic nitrogens is 1. The summed E-state index contributed by atoms with van der Waals surface area (Å²) in [7, 11) is 3.80. The number of aryl methyl sites for hydroxylation is 1. The highest BCUT2D eigenvalue weighted by Crippen LogP contribution is 2.33. The summed E-state index contributed by atoms with van der Waals surface area (Å²) in [4.78, 5) is 11.5. The third kappa shape index (κ3) is 2.21. The normalized spacial score (nSPS) is 23.9. The van der Waals surface area contributed by atoms with E-state index in [0.717, 1.165) is 5.52 Å². The largest absolute Gasteiger partial charge is 0.419 e. The van der Waals surface area contributed by atoms with Crippen LogP contribution in [0.2, 0.25) is 0 Å². The van der Waals surface area contributed by atoms with Crippen molar-refractivity contribution in [1.82, 2.24) is 9.88 Å². The lowest BCUT2D eigenvalue weighted by Gasteiger charge is -2.28. The zero-order valence-electron chi connectivity index (χ0n) is 11.5. The fraction of sp³-hybridized carbons (Fsp3) is 0.533. The molecule has 0 aliphatic heterocycles. The zero-order chi connectivity index (χ0) is 13.4. The van der Waals surface area contributed by atoms with Crippen LogP contribution in [-0.4, -0.2) is 17.7 Å². The Labute approximate surface area is 112 Å². The van der Waals surface area contributed by atoms with Gasteiger partial charge >= 0.3 is 5.76 Å². The van der Waals surface area contributed by atoms with Crippen LogP contribution in [0.1, 0.15) is 37.2 Å². The van der Waals surface area contributed by atoms with Crippen LogP contribution in [-0.2, 0) is 7.05 Å². The minimum absolute atomic E-state index is 0.286. The molecule has 0 amide bonds. The molecule has 1 fully saturated rings. The third-order valence-corrected chi connectivity index (χ3v) is 4.42. The van der Waals surface area contributed by atoms with Gasteiger partial charge in [-0.05, 0) is 56.3 Å². The van der Waals surface area contributed by atoms with Crippen molar-refractivity contribution < 1.29 is 4.42 Å². The second-order valence-electron chi connectivity index (χ2n) is 5.49.